The van der Waals surface area contributed by atoms with Crippen LogP contribution in [0.15, 0.2) is 65.8 Å². The summed E-state index contributed by atoms with van der Waals surface area (Å²) in [6.45, 7) is -1.15. The number of amides is 1. The molecule has 5 heterocycles. The number of pyridine rings is 2. The molecular formula is C30H26Cl2F2N8O2. The van der Waals surface area contributed by atoms with E-state index in [0.717, 1.165) is 0 Å². The Kier molecular flexibility index (Phi) is 8.04. The van der Waals surface area contributed by atoms with Crippen molar-refractivity contribution in [3.8, 4) is 28.2 Å². The first-order valence-corrected chi connectivity index (χ1v) is 14.6. The van der Waals surface area contributed by atoms with Crippen molar-refractivity contribution < 1.29 is 13.6 Å². The molecule has 1 aliphatic rings. The molecule has 1 N–H and O–H groups in total. The normalized spacial score (nSPS) is 17.1. The number of rotatable bonds is 4. The third-order valence-electron chi connectivity index (χ3n) is 7.88. The van der Waals surface area contributed by atoms with Gasteiger partial charge in [-0.05, 0) is 49.2 Å². The van der Waals surface area contributed by atoms with Crippen LogP contribution in [0.2, 0.25) is 10.2 Å². The first kappa shape index (κ1) is 29.6. The predicted octanol–water partition coefficient (Wildman–Crippen LogP) is 6.48. The molecular weight excluding hydrogens is 613 g/mol. The predicted molar refractivity (Wildman–Crippen MR) is 162 cm³/mol. The Hall–Kier alpha value is -4.42. The van der Waals surface area contributed by atoms with Gasteiger partial charge in [-0.15, -0.1) is 5.10 Å². The van der Waals surface area contributed by atoms with Crippen LogP contribution in [0.1, 0.15) is 49.9 Å². The molecule has 6 rings (SSSR count). The molecule has 226 valence electrons. The number of halogens is 4. The van der Waals surface area contributed by atoms with Crippen molar-refractivity contribution in [2.24, 2.45) is 13.0 Å². The van der Waals surface area contributed by atoms with Crippen LogP contribution in [0.25, 0.3) is 28.2 Å². The van der Waals surface area contributed by atoms with E-state index < -0.39 is 18.4 Å². The van der Waals surface area contributed by atoms with Gasteiger partial charge in [-0.25, -0.2) is 9.36 Å². The highest BCUT2D eigenvalue weighted by molar-refractivity contribution is 6.31. The highest BCUT2D eigenvalue weighted by Crippen LogP contribution is 2.37. The monoisotopic (exact) mass is 638 g/mol. The molecule has 0 fully saturated rings. The molecule has 1 aromatic carbocycles. The van der Waals surface area contributed by atoms with E-state index in [0.29, 0.717) is 62.7 Å². The summed E-state index contributed by atoms with van der Waals surface area (Å²) in [7, 11) is 1.67. The maximum absolute atomic E-state index is 14.1. The SMILES string of the molecule is C[C@@H]1CCC[C@@H](c2ccc(-c3cc(Cl)ccc3-n3cc(Cl)nn3)n(C)c2=O)c2cc(ccn2)-c2c(cnn2C(F)F)NC1=O. The second-order valence-electron chi connectivity index (χ2n) is 10.7. The number of benzene rings is 1. The van der Waals surface area contributed by atoms with E-state index in [2.05, 4.69) is 25.7 Å². The number of alkyl halides is 2. The molecule has 0 spiro atoms. The fourth-order valence-corrected chi connectivity index (χ4v) is 5.92. The second kappa shape index (κ2) is 11.9. The summed E-state index contributed by atoms with van der Waals surface area (Å²) in [5, 5.41) is 15.2. The van der Waals surface area contributed by atoms with Gasteiger partial charge in [0.15, 0.2) is 5.15 Å². The summed E-state index contributed by atoms with van der Waals surface area (Å²) in [4.78, 5) is 31.6. The molecule has 0 aliphatic carbocycles. The van der Waals surface area contributed by atoms with Crippen LogP contribution in [0.5, 0.6) is 0 Å². The molecule has 2 atom stereocenters. The van der Waals surface area contributed by atoms with Crippen LogP contribution >= 0.6 is 23.2 Å². The van der Waals surface area contributed by atoms with Crippen molar-refractivity contribution in [2.75, 3.05) is 5.32 Å². The number of fused-ring (bicyclic) bond motifs is 4. The van der Waals surface area contributed by atoms with E-state index in [4.69, 9.17) is 23.2 Å². The Labute approximate surface area is 260 Å². The van der Waals surface area contributed by atoms with Crippen molar-refractivity contribution in [3.63, 3.8) is 0 Å². The minimum atomic E-state index is -2.93. The quantitative estimate of drug-likeness (QED) is 0.241. The Morgan fingerprint density at radius 3 is 2.64 bits per heavy atom. The number of carbonyl (C=O) groups excluding carboxylic acids is 1. The summed E-state index contributed by atoms with van der Waals surface area (Å²) in [6.07, 6.45) is 5.93. The maximum Gasteiger partial charge on any atom is 0.333 e. The minimum Gasteiger partial charge on any atom is -0.323 e. The Balaban J connectivity index is 1.48. The number of hydrogen-bond donors (Lipinski definition) is 1. The zero-order chi connectivity index (χ0) is 31.1. The van der Waals surface area contributed by atoms with Crippen molar-refractivity contribution in [3.05, 3.63) is 92.8 Å². The smallest absolute Gasteiger partial charge is 0.323 e. The van der Waals surface area contributed by atoms with Crippen molar-refractivity contribution in [2.45, 2.75) is 38.7 Å². The van der Waals surface area contributed by atoms with E-state index in [9.17, 15) is 18.4 Å². The van der Waals surface area contributed by atoms with Gasteiger partial charge >= 0.3 is 6.55 Å². The molecule has 1 amide bonds. The van der Waals surface area contributed by atoms with Crippen LogP contribution in [0, 0.1) is 5.92 Å². The van der Waals surface area contributed by atoms with Crippen LogP contribution in [-0.4, -0.2) is 40.2 Å². The molecule has 4 aromatic heterocycles. The zero-order valence-corrected chi connectivity index (χ0v) is 25.1. The minimum absolute atomic E-state index is 0.0634. The van der Waals surface area contributed by atoms with E-state index in [1.807, 2.05) is 6.07 Å². The van der Waals surface area contributed by atoms with Crippen molar-refractivity contribution in [1.82, 2.24) is 34.3 Å². The van der Waals surface area contributed by atoms with Crippen LogP contribution in [-0.2, 0) is 11.8 Å². The van der Waals surface area contributed by atoms with Crippen molar-refractivity contribution >= 4 is 34.8 Å². The summed E-state index contributed by atoms with van der Waals surface area (Å²) in [5.41, 5.74) is 3.23. The second-order valence-corrected chi connectivity index (χ2v) is 11.5. The van der Waals surface area contributed by atoms with E-state index in [1.54, 1.807) is 56.6 Å². The third kappa shape index (κ3) is 5.50. The van der Waals surface area contributed by atoms with E-state index in [1.165, 1.54) is 21.6 Å². The largest absolute Gasteiger partial charge is 0.333 e. The molecule has 10 nitrogen and oxygen atoms in total. The maximum atomic E-state index is 14.1. The van der Waals surface area contributed by atoms with Gasteiger partial charge in [0.05, 0.1) is 35.2 Å². The molecule has 0 radical (unpaired) electrons. The van der Waals surface area contributed by atoms with Crippen LogP contribution < -0.4 is 10.9 Å². The molecule has 2 bridgehead atoms. The zero-order valence-electron chi connectivity index (χ0n) is 23.6. The topological polar surface area (TPSA) is 113 Å². The van der Waals surface area contributed by atoms with Gasteiger partial charge in [-0.2, -0.15) is 13.9 Å². The number of nitrogens with one attached hydrogen (secondary N) is 1. The lowest BCUT2D eigenvalue weighted by Gasteiger charge is -2.22. The summed E-state index contributed by atoms with van der Waals surface area (Å²) < 4.78 is 31.5. The summed E-state index contributed by atoms with van der Waals surface area (Å²) in [5.74, 6) is -1.17. The fourth-order valence-electron chi connectivity index (χ4n) is 5.62. The average Bonchev–Trinajstić information content (AvgIpc) is 3.63. The van der Waals surface area contributed by atoms with E-state index >= 15 is 0 Å². The van der Waals surface area contributed by atoms with E-state index in [-0.39, 0.29) is 28.0 Å². The molecule has 14 heteroatoms. The van der Waals surface area contributed by atoms with Gasteiger partial charge in [0.2, 0.25) is 5.91 Å². The lowest BCUT2D eigenvalue weighted by Crippen LogP contribution is -2.26. The number of carbonyl (C=O) groups is 1. The lowest BCUT2D eigenvalue weighted by atomic mass is 9.87. The lowest BCUT2D eigenvalue weighted by molar-refractivity contribution is -0.119. The highest BCUT2D eigenvalue weighted by Gasteiger charge is 2.27. The third-order valence-corrected chi connectivity index (χ3v) is 8.29. The molecule has 0 saturated carbocycles. The molecule has 1 aliphatic heterocycles. The van der Waals surface area contributed by atoms with Gasteiger partial charge in [0.25, 0.3) is 5.56 Å². The Morgan fingerprint density at radius 2 is 1.89 bits per heavy atom. The molecule has 0 saturated heterocycles. The number of aromatic nitrogens is 7. The molecule has 44 heavy (non-hydrogen) atoms. The van der Waals surface area contributed by atoms with Gasteiger partial charge in [0, 0.05) is 52.5 Å². The summed E-state index contributed by atoms with van der Waals surface area (Å²) >= 11 is 12.4. The Bertz CT molecular complexity index is 1940. The number of hydrogen-bond acceptors (Lipinski definition) is 6. The Morgan fingerprint density at radius 1 is 1.07 bits per heavy atom. The van der Waals surface area contributed by atoms with Crippen LogP contribution in [0.3, 0.4) is 0 Å². The van der Waals surface area contributed by atoms with Gasteiger partial charge < -0.3 is 9.88 Å². The fraction of sp³-hybridized carbons (Fsp3) is 0.267. The first-order chi connectivity index (χ1) is 21.1. The summed E-state index contributed by atoms with van der Waals surface area (Å²) in [6, 6.07) is 12.0. The van der Waals surface area contributed by atoms with Crippen LogP contribution in [0.4, 0.5) is 14.5 Å². The first-order valence-electron chi connectivity index (χ1n) is 13.8. The van der Waals surface area contributed by atoms with Gasteiger partial charge in [-0.3, -0.25) is 14.6 Å². The number of anilines is 1. The average molecular weight is 639 g/mol. The van der Waals surface area contributed by atoms with Crippen molar-refractivity contribution in [1.29, 1.82) is 0 Å². The molecule has 5 aromatic rings. The number of nitrogens with zero attached hydrogens (tertiary/aromatic N) is 7. The molecule has 0 unspecified atom stereocenters. The standard InChI is InChI=1S/C30H26Cl2F2N8O2/c1-16-4-3-5-19(22-12-17(10-11-35-22)27-23(37-28(16)43)14-36-42(27)30(33)34)20-7-9-24(40(2)29(20)44)21-13-18(31)6-8-25(21)41-15-26(32)38-39-41/h6-16,19,30H,3-5H2,1-2H3,(H,37,43)/t16-,19+/m1/s1. The van der Waals surface area contributed by atoms with Gasteiger partial charge in [0.1, 0.15) is 0 Å². The van der Waals surface area contributed by atoms with Gasteiger partial charge in [-0.1, -0.05) is 47.8 Å². The highest BCUT2D eigenvalue weighted by atomic mass is 35.5.